The molecule has 7 nitrogen and oxygen atoms in total. The van der Waals surface area contributed by atoms with Crippen molar-refractivity contribution in [3.8, 4) is 0 Å². The summed E-state index contributed by atoms with van der Waals surface area (Å²) < 4.78 is 31.6. The molecule has 2 rings (SSSR count). The minimum absolute atomic E-state index is 0.00532. The van der Waals surface area contributed by atoms with Crippen molar-refractivity contribution in [2.75, 3.05) is 26.2 Å². The van der Waals surface area contributed by atoms with Gasteiger partial charge in [0.2, 0.25) is 10.0 Å². The van der Waals surface area contributed by atoms with Crippen LogP contribution in [0.1, 0.15) is 42.1 Å². The molecule has 25 heavy (non-hydrogen) atoms. The third kappa shape index (κ3) is 5.02. The minimum Gasteiger partial charge on any atom is -0.452 e. The van der Waals surface area contributed by atoms with E-state index < -0.39 is 16.0 Å². The summed E-state index contributed by atoms with van der Waals surface area (Å²) in [4.78, 5) is 26.0. The van der Waals surface area contributed by atoms with Gasteiger partial charge in [0.25, 0.3) is 5.91 Å². The zero-order chi connectivity index (χ0) is 18.4. The molecule has 0 atom stereocenters. The van der Waals surface area contributed by atoms with Gasteiger partial charge in [-0.2, -0.15) is 0 Å². The maximum absolute atomic E-state index is 12.3. The van der Waals surface area contributed by atoms with Gasteiger partial charge in [-0.05, 0) is 43.9 Å². The van der Waals surface area contributed by atoms with Gasteiger partial charge in [0.15, 0.2) is 6.61 Å². The average Bonchev–Trinajstić information content (AvgIpc) is 2.60. The quantitative estimate of drug-likeness (QED) is 0.768. The number of nitrogens with zero attached hydrogens (tertiary/aromatic N) is 1. The van der Waals surface area contributed by atoms with Crippen molar-refractivity contribution in [3.63, 3.8) is 0 Å². The van der Waals surface area contributed by atoms with E-state index in [1.807, 2.05) is 0 Å². The summed E-state index contributed by atoms with van der Waals surface area (Å²) in [6, 6.07) is 4.26. The standard InChI is InChI=1S/C17H24N2O5S/c1-3-18-25(22,23)14-8-7-13(2)15(11-14)17(21)24-12-16(20)19-9-5-4-6-10-19/h7-8,11,18H,3-6,9-10,12H2,1-2H3. The zero-order valence-corrected chi connectivity index (χ0v) is 15.4. The van der Waals surface area contributed by atoms with Crippen molar-refractivity contribution < 1.29 is 22.7 Å². The second-order valence-electron chi connectivity index (χ2n) is 6.00. The van der Waals surface area contributed by atoms with E-state index in [9.17, 15) is 18.0 Å². The van der Waals surface area contributed by atoms with Gasteiger partial charge in [-0.15, -0.1) is 0 Å². The van der Waals surface area contributed by atoms with E-state index >= 15 is 0 Å². The molecule has 1 aliphatic rings. The van der Waals surface area contributed by atoms with Crippen LogP contribution in [0, 0.1) is 6.92 Å². The van der Waals surface area contributed by atoms with Gasteiger partial charge in [-0.25, -0.2) is 17.9 Å². The van der Waals surface area contributed by atoms with E-state index in [1.54, 1.807) is 24.8 Å². The number of ether oxygens (including phenoxy) is 1. The molecule has 0 radical (unpaired) electrons. The van der Waals surface area contributed by atoms with Crippen molar-refractivity contribution in [1.29, 1.82) is 0 Å². The summed E-state index contributed by atoms with van der Waals surface area (Å²) in [5.74, 6) is -0.918. The summed E-state index contributed by atoms with van der Waals surface area (Å²) >= 11 is 0. The first-order valence-corrected chi connectivity index (χ1v) is 9.88. The number of rotatable bonds is 6. The molecular weight excluding hydrogens is 344 g/mol. The number of benzene rings is 1. The molecule has 0 bridgehead atoms. The number of hydrogen-bond acceptors (Lipinski definition) is 5. The van der Waals surface area contributed by atoms with Crippen LogP contribution in [0.2, 0.25) is 0 Å². The Bertz CT molecular complexity index is 739. The van der Waals surface area contributed by atoms with Crippen LogP contribution in [0.3, 0.4) is 0 Å². The highest BCUT2D eigenvalue weighted by molar-refractivity contribution is 7.89. The Kier molecular flexibility index (Phi) is 6.55. The lowest BCUT2D eigenvalue weighted by Crippen LogP contribution is -2.38. The molecule has 0 aliphatic carbocycles. The smallest absolute Gasteiger partial charge is 0.338 e. The molecule has 1 amide bonds. The van der Waals surface area contributed by atoms with Crippen LogP contribution < -0.4 is 4.72 Å². The number of piperidine rings is 1. The van der Waals surface area contributed by atoms with Crippen LogP contribution in [0.15, 0.2) is 23.1 Å². The number of sulfonamides is 1. The second kappa shape index (κ2) is 8.44. The lowest BCUT2D eigenvalue weighted by Gasteiger charge is -2.26. The van der Waals surface area contributed by atoms with Gasteiger partial charge in [0.05, 0.1) is 10.5 Å². The maximum Gasteiger partial charge on any atom is 0.338 e. The van der Waals surface area contributed by atoms with E-state index in [-0.39, 0.29) is 29.5 Å². The third-order valence-electron chi connectivity index (χ3n) is 4.11. The molecule has 138 valence electrons. The molecule has 1 N–H and O–H groups in total. The molecule has 1 fully saturated rings. The Labute approximate surface area is 148 Å². The highest BCUT2D eigenvalue weighted by Gasteiger charge is 2.21. The summed E-state index contributed by atoms with van der Waals surface area (Å²) in [5, 5.41) is 0. The zero-order valence-electron chi connectivity index (χ0n) is 14.6. The Balaban J connectivity index is 2.07. The first kappa shape index (κ1) is 19.4. The van der Waals surface area contributed by atoms with Crippen molar-refractivity contribution in [3.05, 3.63) is 29.3 Å². The molecule has 8 heteroatoms. The highest BCUT2D eigenvalue weighted by atomic mass is 32.2. The van der Waals surface area contributed by atoms with Gasteiger partial charge in [0, 0.05) is 19.6 Å². The number of carbonyl (C=O) groups is 2. The number of hydrogen-bond donors (Lipinski definition) is 1. The first-order valence-electron chi connectivity index (χ1n) is 8.40. The van der Waals surface area contributed by atoms with Crippen LogP contribution in [0.5, 0.6) is 0 Å². The third-order valence-corrected chi connectivity index (χ3v) is 5.65. The SMILES string of the molecule is CCNS(=O)(=O)c1ccc(C)c(C(=O)OCC(=O)N2CCCCC2)c1. The fraction of sp³-hybridized carbons (Fsp3) is 0.529. The molecule has 1 aromatic carbocycles. The number of esters is 1. The van der Waals surface area contributed by atoms with Crippen LogP contribution in [-0.4, -0.2) is 51.4 Å². The van der Waals surface area contributed by atoms with Crippen LogP contribution in [-0.2, 0) is 19.6 Å². The van der Waals surface area contributed by atoms with Crippen molar-refractivity contribution >= 4 is 21.9 Å². The van der Waals surface area contributed by atoms with Gasteiger partial charge >= 0.3 is 5.97 Å². The molecule has 0 unspecified atom stereocenters. The van der Waals surface area contributed by atoms with Gasteiger partial charge in [-0.1, -0.05) is 13.0 Å². The molecule has 1 aliphatic heterocycles. The minimum atomic E-state index is -3.66. The summed E-state index contributed by atoms with van der Waals surface area (Å²) in [6.07, 6.45) is 3.03. The van der Waals surface area contributed by atoms with Crippen LogP contribution >= 0.6 is 0 Å². The fourth-order valence-electron chi connectivity index (χ4n) is 2.70. The molecule has 1 saturated heterocycles. The molecule has 0 spiro atoms. The van der Waals surface area contributed by atoms with Gasteiger partial charge in [0.1, 0.15) is 0 Å². The lowest BCUT2D eigenvalue weighted by molar-refractivity contribution is -0.135. The number of amides is 1. The Hall–Kier alpha value is -1.93. The molecule has 1 aromatic rings. The highest BCUT2D eigenvalue weighted by Crippen LogP contribution is 2.17. The van der Waals surface area contributed by atoms with Gasteiger partial charge in [-0.3, -0.25) is 4.79 Å². The van der Waals surface area contributed by atoms with E-state index in [1.165, 1.54) is 12.1 Å². The topological polar surface area (TPSA) is 92.8 Å². The normalized spacial score (nSPS) is 15.0. The molecule has 0 saturated carbocycles. The molecular formula is C17H24N2O5S. The number of aryl methyl sites for hydroxylation is 1. The summed E-state index contributed by atoms with van der Waals surface area (Å²) in [6.45, 7) is 4.65. The number of carbonyl (C=O) groups excluding carboxylic acids is 2. The van der Waals surface area contributed by atoms with Crippen molar-refractivity contribution in [2.45, 2.75) is 38.0 Å². The van der Waals surface area contributed by atoms with Crippen molar-refractivity contribution in [2.24, 2.45) is 0 Å². The number of nitrogens with one attached hydrogen (secondary N) is 1. The van der Waals surface area contributed by atoms with E-state index in [2.05, 4.69) is 4.72 Å². The predicted octanol–water partition coefficient (Wildman–Crippen LogP) is 1.46. The van der Waals surface area contributed by atoms with Crippen LogP contribution in [0.25, 0.3) is 0 Å². The monoisotopic (exact) mass is 368 g/mol. The number of likely N-dealkylation sites (tertiary alicyclic amines) is 1. The average molecular weight is 368 g/mol. The first-order chi connectivity index (χ1) is 11.8. The largest absolute Gasteiger partial charge is 0.452 e. The molecule has 1 heterocycles. The Morgan fingerprint density at radius 3 is 2.52 bits per heavy atom. The maximum atomic E-state index is 12.3. The fourth-order valence-corrected chi connectivity index (χ4v) is 3.77. The lowest BCUT2D eigenvalue weighted by atomic mass is 10.1. The molecule has 0 aromatic heterocycles. The van der Waals surface area contributed by atoms with E-state index in [0.29, 0.717) is 18.7 Å². The van der Waals surface area contributed by atoms with E-state index in [0.717, 1.165) is 19.3 Å². The summed E-state index contributed by atoms with van der Waals surface area (Å²) in [7, 11) is -3.66. The second-order valence-corrected chi connectivity index (χ2v) is 7.76. The van der Waals surface area contributed by atoms with E-state index in [4.69, 9.17) is 4.74 Å². The summed E-state index contributed by atoms with van der Waals surface area (Å²) in [5.41, 5.74) is 0.733. The van der Waals surface area contributed by atoms with Crippen LogP contribution in [0.4, 0.5) is 0 Å². The predicted molar refractivity (Wildman–Crippen MR) is 92.8 cm³/mol. The Morgan fingerprint density at radius 1 is 1.20 bits per heavy atom. The Morgan fingerprint density at radius 2 is 1.88 bits per heavy atom. The van der Waals surface area contributed by atoms with Crippen molar-refractivity contribution in [1.82, 2.24) is 9.62 Å². The van der Waals surface area contributed by atoms with Gasteiger partial charge < -0.3 is 9.64 Å².